The molecule has 5 rings (SSSR count). The molecular formula is C32H42N4O6. The third-order valence-corrected chi connectivity index (χ3v) is 8.17. The van der Waals surface area contributed by atoms with Gasteiger partial charge in [0.05, 0.1) is 31.3 Å². The molecule has 1 amide bonds. The average molecular weight is 579 g/mol. The molecular weight excluding hydrogens is 536 g/mol. The first kappa shape index (κ1) is 31.2. The average Bonchev–Trinajstić information content (AvgIpc) is 3.43. The van der Waals surface area contributed by atoms with E-state index in [4.69, 9.17) is 9.47 Å². The van der Waals surface area contributed by atoms with Crippen LogP contribution in [0.4, 0.5) is 0 Å². The number of hydrogen-bond donors (Lipinski definition) is 3. The van der Waals surface area contributed by atoms with Gasteiger partial charge >= 0.3 is 5.97 Å². The second-order valence-electron chi connectivity index (χ2n) is 10.8. The number of carboxylic acids is 1. The first-order chi connectivity index (χ1) is 19.9. The van der Waals surface area contributed by atoms with Crippen LogP contribution in [0.3, 0.4) is 0 Å². The molecule has 3 N–H and O–H groups in total. The number of nitrogens with one attached hydrogen (secondary N) is 1. The summed E-state index contributed by atoms with van der Waals surface area (Å²) in [6.45, 7) is 2.22. The molecule has 1 aromatic heterocycles. The number of aromatic nitrogens is 2. The molecule has 0 radical (unpaired) electrons. The second kappa shape index (κ2) is 14.0. The van der Waals surface area contributed by atoms with Gasteiger partial charge in [0.25, 0.3) is 5.91 Å². The monoisotopic (exact) mass is 578 g/mol. The van der Waals surface area contributed by atoms with Gasteiger partial charge in [-0.25, -0.2) is 9.78 Å². The van der Waals surface area contributed by atoms with Crippen LogP contribution in [0.2, 0.25) is 0 Å². The summed E-state index contributed by atoms with van der Waals surface area (Å²) in [5, 5.41) is 24.4. The standard InChI is InChI=1S/C31H38N4O6.CH4/c1-40-20-31(39)15-8-7-13-26(31)35-21-33-27(28(35)22-9-3-2-4-10-22)29(36)34-17-16-32-19-23(34)14-18-41-25-12-6-5-11-24(25)30(37)38;/h2-6,9-12,21,23,26,32,39H,7-8,13-20H2,1H3,(H,37,38);1H4/t23-,26-,31-;/m1./s1. The number of ether oxygens (including phenoxy) is 2. The van der Waals surface area contributed by atoms with Gasteiger partial charge in [0.2, 0.25) is 0 Å². The lowest BCUT2D eigenvalue weighted by atomic mass is 9.80. The van der Waals surface area contributed by atoms with Crippen molar-refractivity contribution in [2.75, 3.05) is 40.0 Å². The molecule has 3 atom stereocenters. The van der Waals surface area contributed by atoms with E-state index in [0.29, 0.717) is 49.6 Å². The zero-order valence-corrected chi connectivity index (χ0v) is 23.4. The maximum Gasteiger partial charge on any atom is 0.339 e. The van der Waals surface area contributed by atoms with Crippen molar-refractivity contribution in [1.82, 2.24) is 19.8 Å². The number of carbonyl (C=O) groups excluding carboxylic acids is 1. The summed E-state index contributed by atoms with van der Waals surface area (Å²) in [5.41, 5.74) is 0.959. The van der Waals surface area contributed by atoms with Gasteiger partial charge in [0.1, 0.15) is 16.9 Å². The number of methoxy groups -OCH3 is 1. The number of hydrogen-bond acceptors (Lipinski definition) is 7. The molecule has 2 aliphatic rings. The molecule has 1 saturated carbocycles. The Bertz CT molecular complexity index is 1340. The fraction of sp³-hybridized carbons (Fsp3) is 0.469. The zero-order valence-electron chi connectivity index (χ0n) is 23.4. The van der Waals surface area contributed by atoms with E-state index in [-0.39, 0.29) is 44.2 Å². The van der Waals surface area contributed by atoms with Gasteiger partial charge in [-0.05, 0) is 25.0 Å². The number of piperazine rings is 1. The number of rotatable bonds is 10. The van der Waals surface area contributed by atoms with Crippen LogP contribution in [0, 0.1) is 0 Å². The van der Waals surface area contributed by atoms with E-state index in [9.17, 15) is 19.8 Å². The highest BCUT2D eigenvalue weighted by molar-refractivity contribution is 5.98. The molecule has 10 heteroatoms. The molecule has 0 spiro atoms. The van der Waals surface area contributed by atoms with Crippen LogP contribution in [0.25, 0.3) is 11.3 Å². The number of amides is 1. The maximum atomic E-state index is 14.2. The molecule has 2 fully saturated rings. The van der Waals surface area contributed by atoms with Gasteiger partial charge in [0.15, 0.2) is 5.69 Å². The number of benzene rings is 2. The van der Waals surface area contributed by atoms with E-state index in [0.717, 1.165) is 24.8 Å². The van der Waals surface area contributed by atoms with E-state index < -0.39 is 11.6 Å². The molecule has 1 saturated heterocycles. The van der Waals surface area contributed by atoms with Gasteiger partial charge < -0.3 is 34.5 Å². The Morgan fingerprint density at radius 1 is 1.12 bits per heavy atom. The lowest BCUT2D eigenvalue weighted by molar-refractivity contribution is -0.0893. The van der Waals surface area contributed by atoms with Crippen LogP contribution in [0.1, 0.15) is 66.4 Å². The van der Waals surface area contributed by atoms with E-state index in [1.807, 2.05) is 39.8 Å². The molecule has 0 unspecified atom stereocenters. The largest absolute Gasteiger partial charge is 0.493 e. The van der Waals surface area contributed by atoms with Crippen LogP contribution in [-0.2, 0) is 4.74 Å². The van der Waals surface area contributed by atoms with Gasteiger partial charge in [-0.1, -0.05) is 62.7 Å². The topological polar surface area (TPSA) is 126 Å². The molecule has 226 valence electrons. The molecule has 2 aromatic carbocycles. The van der Waals surface area contributed by atoms with Gasteiger partial charge in [-0.2, -0.15) is 0 Å². The summed E-state index contributed by atoms with van der Waals surface area (Å²) in [5.74, 6) is -0.912. The van der Waals surface area contributed by atoms with E-state index in [1.54, 1.807) is 31.6 Å². The quantitative estimate of drug-likeness (QED) is 0.326. The minimum absolute atomic E-state index is 0. The Balaban J connectivity index is 0.00000405. The van der Waals surface area contributed by atoms with Crippen molar-refractivity contribution in [3.63, 3.8) is 0 Å². The third kappa shape index (κ3) is 6.51. The number of carboxylic acid groups (broad SMARTS) is 1. The van der Waals surface area contributed by atoms with Crippen LogP contribution >= 0.6 is 0 Å². The van der Waals surface area contributed by atoms with E-state index >= 15 is 0 Å². The number of nitrogens with zero attached hydrogens (tertiary/aromatic N) is 3. The van der Waals surface area contributed by atoms with E-state index in [2.05, 4.69) is 10.3 Å². The predicted molar refractivity (Wildman–Crippen MR) is 160 cm³/mol. The third-order valence-electron chi connectivity index (χ3n) is 8.17. The highest BCUT2D eigenvalue weighted by atomic mass is 16.5. The first-order valence-electron chi connectivity index (χ1n) is 14.2. The lowest BCUT2D eigenvalue weighted by Crippen LogP contribution is -2.54. The second-order valence-corrected chi connectivity index (χ2v) is 10.8. The van der Waals surface area contributed by atoms with Crippen molar-refractivity contribution in [2.24, 2.45) is 0 Å². The van der Waals surface area contributed by atoms with Crippen molar-refractivity contribution >= 4 is 11.9 Å². The summed E-state index contributed by atoms with van der Waals surface area (Å²) >= 11 is 0. The summed E-state index contributed by atoms with van der Waals surface area (Å²) in [7, 11) is 1.60. The molecule has 0 bridgehead atoms. The number of carbonyl (C=O) groups is 2. The van der Waals surface area contributed by atoms with Crippen molar-refractivity contribution in [3.8, 4) is 17.0 Å². The summed E-state index contributed by atoms with van der Waals surface area (Å²) in [6.07, 6.45) is 5.47. The maximum absolute atomic E-state index is 14.2. The van der Waals surface area contributed by atoms with Crippen molar-refractivity contribution in [2.45, 2.75) is 57.2 Å². The van der Waals surface area contributed by atoms with Crippen LogP contribution in [0.5, 0.6) is 5.75 Å². The number of aromatic carboxylic acids is 1. The normalized spacial score (nSPS) is 22.3. The minimum Gasteiger partial charge on any atom is -0.493 e. The van der Waals surface area contributed by atoms with Crippen LogP contribution < -0.4 is 10.1 Å². The van der Waals surface area contributed by atoms with Gasteiger partial charge in [-0.15, -0.1) is 0 Å². The number of aliphatic hydroxyl groups is 1. The molecule has 1 aliphatic heterocycles. The Kier molecular flexibility index (Phi) is 10.4. The Labute approximate surface area is 247 Å². The number of para-hydroxylation sites is 1. The molecule has 42 heavy (non-hydrogen) atoms. The Morgan fingerprint density at radius 2 is 1.88 bits per heavy atom. The SMILES string of the molecule is C.COC[C@]1(O)CCCC[C@H]1n1cnc(C(=O)N2CCNC[C@H]2CCOc2ccccc2C(=O)O)c1-c1ccccc1. The Morgan fingerprint density at radius 3 is 2.64 bits per heavy atom. The van der Waals surface area contributed by atoms with Crippen molar-refractivity contribution in [3.05, 3.63) is 72.2 Å². The summed E-state index contributed by atoms with van der Waals surface area (Å²) < 4.78 is 13.3. The fourth-order valence-electron chi connectivity index (χ4n) is 6.15. The summed E-state index contributed by atoms with van der Waals surface area (Å²) in [4.78, 5) is 32.2. The molecule has 1 aliphatic carbocycles. The van der Waals surface area contributed by atoms with Crippen LogP contribution in [-0.4, -0.2) is 88.1 Å². The summed E-state index contributed by atoms with van der Waals surface area (Å²) in [6, 6.07) is 15.8. The minimum atomic E-state index is -1.06. The fourth-order valence-corrected chi connectivity index (χ4v) is 6.15. The smallest absolute Gasteiger partial charge is 0.339 e. The highest BCUT2D eigenvalue weighted by Crippen LogP contribution is 2.41. The molecule has 3 aromatic rings. The predicted octanol–water partition coefficient (Wildman–Crippen LogP) is 4.26. The van der Waals surface area contributed by atoms with Crippen LogP contribution in [0.15, 0.2) is 60.9 Å². The zero-order chi connectivity index (χ0) is 28.8. The number of imidazole rings is 1. The van der Waals surface area contributed by atoms with Crippen molar-refractivity contribution in [1.29, 1.82) is 0 Å². The van der Waals surface area contributed by atoms with Gasteiger partial charge in [0, 0.05) is 44.8 Å². The van der Waals surface area contributed by atoms with Crippen molar-refractivity contribution < 1.29 is 29.3 Å². The first-order valence-corrected chi connectivity index (χ1v) is 14.2. The molecule has 10 nitrogen and oxygen atoms in total. The van der Waals surface area contributed by atoms with Gasteiger partial charge in [-0.3, -0.25) is 4.79 Å². The Hall–Kier alpha value is -3.73. The van der Waals surface area contributed by atoms with E-state index in [1.165, 1.54) is 6.07 Å². The highest BCUT2D eigenvalue weighted by Gasteiger charge is 2.42. The lowest BCUT2D eigenvalue weighted by Gasteiger charge is -2.41. The molecule has 2 heterocycles.